The molecular weight excluding hydrogens is 549 g/mol. The van der Waals surface area contributed by atoms with Gasteiger partial charge in [0.2, 0.25) is 5.82 Å². The highest BCUT2D eigenvalue weighted by Gasteiger charge is 2.33. The lowest BCUT2D eigenvalue weighted by atomic mass is 10.1. The highest BCUT2D eigenvalue weighted by Crippen LogP contribution is 2.29. The van der Waals surface area contributed by atoms with Crippen LogP contribution in [0.2, 0.25) is 0 Å². The van der Waals surface area contributed by atoms with Crippen molar-refractivity contribution in [3.8, 4) is 5.75 Å². The van der Waals surface area contributed by atoms with Crippen LogP contribution in [0, 0.1) is 17.5 Å². The number of nitrogens with one attached hydrogen (secondary N) is 1. The van der Waals surface area contributed by atoms with Gasteiger partial charge in [0.1, 0.15) is 25.1 Å². The molecule has 41 heavy (non-hydrogen) atoms. The van der Waals surface area contributed by atoms with E-state index in [2.05, 4.69) is 5.32 Å². The van der Waals surface area contributed by atoms with Gasteiger partial charge in [0, 0.05) is 14.0 Å². The normalized spacial score (nSPS) is 15.8. The summed E-state index contributed by atoms with van der Waals surface area (Å²) in [6.07, 6.45) is 0.243. The van der Waals surface area contributed by atoms with Gasteiger partial charge < -0.3 is 29.5 Å². The Balaban J connectivity index is 0.00000616. The van der Waals surface area contributed by atoms with Gasteiger partial charge in [-0.25, -0.2) is 13.6 Å². The zero-order chi connectivity index (χ0) is 29.9. The Morgan fingerprint density at radius 3 is 2.61 bits per heavy atom. The van der Waals surface area contributed by atoms with Crippen LogP contribution in [0.15, 0.2) is 42.5 Å². The first-order chi connectivity index (χ1) is 19.6. The Kier molecular flexibility index (Phi) is 11.3. The number of nitrogens with zero attached hydrogens (tertiary/aromatic N) is 1. The summed E-state index contributed by atoms with van der Waals surface area (Å²) in [7, 11) is 0. The van der Waals surface area contributed by atoms with Gasteiger partial charge in [0.15, 0.2) is 23.5 Å². The molecule has 0 bridgehead atoms. The fraction of sp³-hybridized carbons (Fsp3) is 0.357. The maximum absolute atomic E-state index is 14.4. The van der Waals surface area contributed by atoms with E-state index in [4.69, 9.17) is 14.2 Å². The first-order valence-electron chi connectivity index (χ1n) is 12.7. The molecular formula is C28H31F3N2O8. The topological polar surface area (TPSA) is 131 Å². The van der Waals surface area contributed by atoms with Crippen LogP contribution in [-0.2, 0) is 30.5 Å². The summed E-state index contributed by atoms with van der Waals surface area (Å²) in [6, 6.07) is 7.60. The number of amides is 2. The lowest BCUT2D eigenvalue weighted by Gasteiger charge is -2.32. The SMILES string of the molecule is CC/C=C/c1c(F)cc(F)c(F)c1OCC(=O)[C@H](CC(=O)O)NC(=O)C1CN(C(=O)OCc2ccccc2)CCO1.[HH]. The average molecular weight is 581 g/mol. The minimum Gasteiger partial charge on any atom is -0.482 e. The molecule has 3 rings (SSSR count). The van der Waals surface area contributed by atoms with E-state index < -0.39 is 77.7 Å². The summed E-state index contributed by atoms with van der Waals surface area (Å²) in [6.45, 7) is 0.597. The van der Waals surface area contributed by atoms with Gasteiger partial charge >= 0.3 is 12.1 Å². The zero-order valence-corrected chi connectivity index (χ0v) is 22.1. The molecule has 0 saturated carbocycles. The minimum atomic E-state index is -1.65. The Bertz CT molecular complexity index is 1300. The highest BCUT2D eigenvalue weighted by atomic mass is 19.2. The van der Waals surface area contributed by atoms with E-state index in [1.165, 1.54) is 11.0 Å². The number of hydrogen-bond acceptors (Lipinski definition) is 7. The van der Waals surface area contributed by atoms with Crippen molar-refractivity contribution in [3.63, 3.8) is 0 Å². The fourth-order valence-electron chi connectivity index (χ4n) is 3.83. The molecule has 2 atom stereocenters. The van der Waals surface area contributed by atoms with E-state index in [0.717, 1.165) is 11.6 Å². The predicted octanol–water partition coefficient (Wildman–Crippen LogP) is 3.72. The van der Waals surface area contributed by atoms with E-state index in [0.29, 0.717) is 12.5 Å². The molecule has 0 aliphatic carbocycles. The largest absolute Gasteiger partial charge is 0.482 e. The molecule has 222 valence electrons. The molecule has 0 spiro atoms. The Labute approximate surface area is 235 Å². The number of Topliss-reactive ketones (excluding diaryl/α,β-unsaturated/α-hetero) is 1. The van der Waals surface area contributed by atoms with Gasteiger partial charge in [0.25, 0.3) is 5.91 Å². The summed E-state index contributed by atoms with van der Waals surface area (Å²) in [5.41, 5.74) is 0.322. The molecule has 13 heteroatoms. The van der Waals surface area contributed by atoms with Crippen molar-refractivity contribution in [2.24, 2.45) is 0 Å². The highest BCUT2D eigenvalue weighted by molar-refractivity contribution is 5.94. The molecule has 2 aromatic rings. The van der Waals surface area contributed by atoms with Crippen LogP contribution in [0.5, 0.6) is 5.75 Å². The Hall–Kier alpha value is -4.39. The molecule has 1 aliphatic rings. The minimum absolute atomic E-state index is 0. The second-order valence-corrected chi connectivity index (χ2v) is 8.97. The van der Waals surface area contributed by atoms with Crippen LogP contribution in [0.1, 0.15) is 32.3 Å². The second kappa shape index (κ2) is 14.8. The van der Waals surface area contributed by atoms with Crippen molar-refractivity contribution in [3.05, 3.63) is 71.1 Å². The number of carboxylic acid groups (broad SMARTS) is 1. The number of morpholine rings is 1. The summed E-state index contributed by atoms with van der Waals surface area (Å²) >= 11 is 0. The van der Waals surface area contributed by atoms with Crippen molar-refractivity contribution >= 4 is 29.8 Å². The van der Waals surface area contributed by atoms with E-state index in [1.54, 1.807) is 31.2 Å². The number of rotatable bonds is 12. The third-order valence-corrected chi connectivity index (χ3v) is 5.95. The van der Waals surface area contributed by atoms with Crippen molar-refractivity contribution in [2.45, 2.75) is 38.5 Å². The van der Waals surface area contributed by atoms with Gasteiger partial charge in [-0.15, -0.1) is 0 Å². The summed E-state index contributed by atoms with van der Waals surface area (Å²) < 4.78 is 58.2. The number of aliphatic carboxylic acids is 1. The quantitative estimate of drug-likeness (QED) is 0.363. The fourth-order valence-corrected chi connectivity index (χ4v) is 3.83. The van der Waals surface area contributed by atoms with Crippen molar-refractivity contribution in [1.29, 1.82) is 0 Å². The third kappa shape index (κ3) is 8.80. The van der Waals surface area contributed by atoms with Gasteiger partial charge in [0.05, 0.1) is 25.1 Å². The van der Waals surface area contributed by atoms with Crippen molar-refractivity contribution < 1.29 is 53.1 Å². The molecule has 1 unspecified atom stereocenters. The van der Waals surface area contributed by atoms with Crippen molar-refractivity contribution in [2.75, 3.05) is 26.3 Å². The molecule has 2 aromatic carbocycles. The standard InChI is InChI=1S/C28H29F3N2O8.H2/c1-2-3-9-18-19(29)12-20(30)25(31)26(18)40-16-22(34)21(13-24(35)36)32-27(37)23-14-33(10-11-39-23)28(38)41-15-17-7-5-4-6-8-17;/h3-9,12,21,23H,2,10-11,13-16H2,1H3,(H,32,37)(H,35,36);1H/b9-3+;/t21-,23?;/m0./s1. The number of carbonyl (C=O) groups is 4. The van der Waals surface area contributed by atoms with Crippen LogP contribution in [0.4, 0.5) is 18.0 Å². The predicted molar refractivity (Wildman–Crippen MR) is 140 cm³/mol. The average Bonchev–Trinajstić information content (AvgIpc) is 2.96. The molecule has 1 fully saturated rings. The monoisotopic (exact) mass is 580 g/mol. The summed E-state index contributed by atoms with van der Waals surface area (Å²) in [4.78, 5) is 50.8. The van der Waals surface area contributed by atoms with Gasteiger partial charge in [-0.2, -0.15) is 4.39 Å². The van der Waals surface area contributed by atoms with Crippen LogP contribution >= 0.6 is 0 Å². The first kappa shape index (κ1) is 31.1. The summed E-state index contributed by atoms with van der Waals surface area (Å²) in [5, 5.41) is 11.5. The molecule has 10 nitrogen and oxygen atoms in total. The molecule has 1 saturated heterocycles. The van der Waals surface area contributed by atoms with E-state index in [1.807, 2.05) is 6.07 Å². The zero-order valence-electron chi connectivity index (χ0n) is 22.1. The molecule has 0 radical (unpaired) electrons. The number of hydrogen-bond donors (Lipinski definition) is 2. The number of allylic oxidation sites excluding steroid dienone is 1. The number of carboxylic acids is 1. The summed E-state index contributed by atoms with van der Waals surface area (Å²) in [5.74, 6) is -8.44. The number of ketones is 1. The first-order valence-corrected chi connectivity index (χ1v) is 12.7. The number of ether oxygens (including phenoxy) is 3. The van der Waals surface area contributed by atoms with Crippen LogP contribution < -0.4 is 10.1 Å². The molecule has 2 N–H and O–H groups in total. The third-order valence-electron chi connectivity index (χ3n) is 5.95. The second-order valence-electron chi connectivity index (χ2n) is 8.97. The van der Waals surface area contributed by atoms with Gasteiger partial charge in [-0.1, -0.05) is 49.4 Å². The van der Waals surface area contributed by atoms with E-state index in [-0.39, 0.29) is 27.7 Å². The number of benzene rings is 2. The molecule has 0 aromatic heterocycles. The van der Waals surface area contributed by atoms with Crippen molar-refractivity contribution in [1.82, 2.24) is 10.2 Å². The van der Waals surface area contributed by atoms with E-state index in [9.17, 15) is 37.5 Å². The molecule has 1 aliphatic heterocycles. The van der Waals surface area contributed by atoms with Crippen LogP contribution in [0.25, 0.3) is 6.08 Å². The molecule has 1 heterocycles. The Morgan fingerprint density at radius 1 is 1.20 bits per heavy atom. The maximum Gasteiger partial charge on any atom is 0.410 e. The lowest BCUT2D eigenvalue weighted by molar-refractivity contribution is -0.143. The number of halogens is 3. The van der Waals surface area contributed by atoms with Crippen LogP contribution in [-0.4, -0.2) is 72.2 Å². The lowest BCUT2D eigenvalue weighted by Crippen LogP contribution is -2.55. The van der Waals surface area contributed by atoms with Gasteiger partial charge in [-0.05, 0) is 12.0 Å². The van der Waals surface area contributed by atoms with Gasteiger partial charge in [-0.3, -0.25) is 14.4 Å². The van der Waals surface area contributed by atoms with Crippen LogP contribution in [0.3, 0.4) is 0 Å². The molecule has 2 amide bonds. The smallest absolute Gasteiger partial charge is 0.410 e. The maximum atomic E-state index is 14.4. The number of carbonyl (C=O) groups excluding carboxylic acids is 3. The van der Waals surface area contributed by atoms with E-state index >= 15 is 0 Å². The Morgan fingerprint density at radius 2 is 1.93 bits per heavy atom.